The Balaban J connectivity index is 2.20. The Morgan fingerprint density at radius 1 is 1.33 bits per heavy atom. The summed E-state index contributed by atoms with van der Waals surface area (Å²) < 4.78 is 5.32. The molecular formula is C10H21NO. The Morgan fingerprint density at radius 2 is 1.92 bits per heavy atom. The van der Waals surface area contributed by atoms with Crippen molar-refractivity contribution in [1.82, 2.24) is 4.90 Å². The van der Waals surface area contributed by atoms with Gasteiger partial charge in [0.15, 0.2) is 0 Å². The number of rotatable bonds is 3. The third-order valence-electron chi connectivity index (χ3n) is 2.77. The highest BCUT2D eigenvalue weighted by molar-refractivity contribution is 4.68. The van der Waals surface area contributed by atoms with Gasteiger partial charge in [0.05, 0.1) is 0 Å². The molecule has 0 aromatic carbocycles. The van der Waals surface area contributed by atoms with E-state index in [9.17, 15) is 0 Å². The van der Waals surface area contributed by atoms with Gasteiger partial charge in [-0.1, -0.05) is 0 Å². The molecule has 0 spiro atoms. The van der Waals surface area contributed by atoms with Crippen LogP contribution in [0.5, 0.6) is 0 Å². The van der Waals surface area contributed by atoms with Crippen molar-refractivity contribution in [2.45, 2.75) is 32.7 Å². The normalized spacial score (nSPS) is 20.8. The van der Waals surface area contributed by atoms with Gasteiger partial charge in [-0.15, -0.1) is 0 Å². The lowest BCUT2D eigenvalue weighted by Gasteiger charge is -2.29. The van der Waals surface area contributed by atoms with E-state index in [1.54, 1.807) is 0 Å². The van der Waals surface area contributed by atoms with E-state index in [1.165, 1.54) is 19.4 Å². The molecule has 12 heavy (non-hydrogen) atoms. The van der Waals surface area contributed by atoms with Crippen LogP contribution < -0.4 is 0 Å². The molecule has 0 unspecified atom stereocenters. The molecule has 1 aliphatic heterocycles. The van der Waals surface area contributed by atoms with Gasteiger partial charge in [-0.25, -0.2) is 0 Å². The van der Waals surface area contributed by atoms with Crippen LogP contribution in [0.2, 0.25) is 0 Å². The largest absolute Gasteiger partial charge is 0.381 e. The zero-order chi connectivity index (χ0) is 8.97. The van der Waals surface area contributed by atoms with Crippen molar-refractivity contribution in [3.8, 4) is 0 Å². The minimum atomic E-state index is 0.674. The fraction of sp³-hybridized carbons (Fsp3) is 1.00. The zero-order valence-corrected chi connectivity index (χ0v) is 8.55. The fourth-order valence-corrected chi connectivity index (χ4v) is 1.55. The highest BCUT2D eigenvalue weighted by Crippen LogP contribution is 2.16. The number of nitrogens with zero attached hydrogens (tertiary/aromatic N) is 1. The minimum Gasteiger partial charge on any atom is -0.381 e. The van der Waals surface area contributed by atoms with Crippen LogP contribution in [-0.4, -0.2) is 37.7 Å². The molecule has 0 saturated carbocycles. The molecule has 0 atom stereocenters. The van der Waals surface area contributed by atoms with Gasteiger partial charge in [0.25, 0.3) is 0 Å². The predicted octanol–water partition coefficient (Wildman–Crippen LogP) is 1.75. The van der Waals surface area contributed by atoms with Crippen molar-refractivity contribution in [3.05, 3.63) is 0 Å². The van der Waals surface area contributed by atoms with Gasteiger partial charge in [-0.2, -0.15) is 0 Å². The van der Waals surface area contributed by atoms with Crippen LogP contribution in [0, 0.1) is 5.92 Å². The molecule has 0 N–H and O–H groups in total. The number of hydrogen-bond donors (Lipinski definition) is 0. The van der Waals surface area contributed by atoms with E-state index in [4.69, 9.17) is 4.74 Å². The van der Waals surface area contributed by atoms with Gasteiger partial charge < -0.3 is 9.64 Å². The van der Waals surface area contributed by atoms with Gasteiger partial charge in [0, 0.05) is 25.8 Å². The van der Waals surface area contributed by atoms with Gasteiger partial charge in [0.2, 0.25) is 0 Å². The van der Waals surface area contributed by atoms with Crippen molar-refractivity contribution in [2.24, 2.45) is 5.92 Å². The maximum absolute atomic E-state index is 5.32. The first kappa shape index (κ1) is 10.0. The first-order valence-corrected chi connectivity index (χ1v) is 4.98. The summed E-state index contributed by atoms with van der Waals surface area (Å²) in [6, 6.07) is 0.674. The van der Waals surface area contributed by atoms with Crippen molar-refractivity contribution < 1.29 is 4.74 Å². The van der Waals surface area contributed by atoms with E-state index >= 15 is 0 Å². The predicted molar refractivity (Wildman–Crippen MR) is 51.3 cm³/mol. The summed E-state index contributed by atoms with van der Waals surface area (Å²) in [7, 11) is 2.21. The third-order valence-corrected chi connectivity index (χ3v) is 2.77. The first-order chi connectivity index (χ1) is 5.70. The number of ether oxygens (including phenoxy) is 1. The molecular weight excluding hydrogens is 150 g/mol. The molecule has 0 bridgehead atoms. The summed E-state index contributed by atoms with van der Waals surface area (Å²) >= 11 is 0. The van der Waals surface area contributed by atoms with E-state index in [1.807, 2.05) is 0 Å². The molecule has 72 valence electrons. The lowest BCUT2D eigenvalue weighted by molar-refractivity contribution is 0.0523. The Labute approximate surface area is 75.9 Å². The molecule has 2 heteroatoms. The summed E-state index contributed by atoms with van der Waals surface area (Å²) in [5.74, 6) is 0.867. The average Bonchev–Trinajstić information content (AvgIpc) is 2.06. The Kier molecular flexibility index (Phi) is 4.02. The van der Waals surface area contributed by atoms with Gasteiger partial charge >= 0.3 is 0 Å². The van der Waals surface area contributed by atoms with E-state index in [0.717, 1.165) is 19.1 Å². The van der Waals surface area contributed by atoms with E-state index in [0.29, 0.717) is 6.04 Å². The lowest BCUT2D eigenvalue weighted by Crippen LogP contribution is -2.33. The SMILES string of the molecule is CC(C)N(C)CC1CCOCC1. The molecule has 1 rings (SSSR count). The maximum Gasteiger partial charge on any atom is 0.0469 e. The second-order valence-electron chi connectivity index (χ2n) is 4.09. The maximum atomic E-state index is 5.32. The number of hydrogen-bond acceptors (Lipinski definition) is 2. The summed E-state index contributed by atoms with van der Waals surface area (Å²) in [4.78, 5) is 2.43. The molecule has 1 aliphatic rings. The van der Waals surface area contributed by atoms with Crippen LogP contribution in [0.1, 0.15) is 26.7 Å². The quantitative estimate of drug-likeness (QED) is 0.641. The molecule has 1 saturated heterocycles. The van der Waals surface area contributed by atoms with Crippen molar-refractivity contribution in [3.63, 3.8) is 0 Å². The highest BCUT2D eigenvalue weighted by Gasteiger charge is 2.16. The Morgan fingerprint density at radius 3 is 2.42 bits per heavy atom. The summed E-state index contributed by atoms with van der Waals surface area (Å²) in [5.41, 5.74) is 0. The smallest absolute Gasteiger partial charge is 0.0469 e. The molecule has 0 amide bonds. The first-order valence-electron chi connectivity index (χ1n) is 4.98. The van der Waals surface area contributed by atoms with Crippen LogP contribution in [-0.2, 0) is 4.74 Å². The molecule has 1 heterocycles. The molecule has 1 fully saturated rings. The van der Waals surface area contributed by atoms with Crippen molar-refractivity contribution >= 4 is 0 Å². The molecule has 0 radical (unpaired) electrons. The second kappa shape index (κ2) is 4.83. The van der Waals surface area contributed by atoms with Crippen LogP contribution >= 0.6 is 0 Å². The van der Waals surface area contributed by atoms with Crippen LogP contribution in [0.15, 0.2) is 0 Å². The van der Waals surface area contributed by atoms with Gasteiger partial charge in [0.1, 0.15) is 0 Å². The topological polar surface area (TPSA) is 12.5 Å². The average molecular weight is 171 g/mol. The van der Waals surface area contributed by atoms with Gasteiger partial charge in [-0.05, 0) is 39.7 Å². The molecule has 0 aromatic rings. The summed E-state index contributed by atoms with van der Waals surface area (Å²) in [5, 5.41) is 0. The molecule has 0 aromatic heterocycles. The molecule has 2 nitrogen and oxygen atoms in total. The van der Waals surface area contributed by atoms with Gasteiger partial charge in [-0.3, -0.25) is 0 Å². The summed E-state index contributed by atoms with van der Waals surface area (Å²) in [6.07, 6.45) is 2.49. The van der Waals surface area contributed by atoms with E-state index in [-0.39, 0.29) is 0 Å². The zero-order valence-electron chi connectivity index (χ0n) is 8.55. The van der Waals surface area contributed by atoms with Crippen molar-refractivity contribution in [2.75, 3.05) is 26.8 Å². The van der Waals surface area contributed by atoms with Crippen LogP contribution in [0.25, 0.3) is 0 Å². The fourth-order valence-electron chi connectivity index (χ4n) is 1.55. The van der Waals surface area contributed by atoms with E-state index in [2.05, 4.69) is 25.8 Å². The van der Waals surface area contributed by atoms with Crippen LogP contribution in [0.4, 0.5) is 0 Å². The van der Waals surface area contributed by atoms with E-state index < -0.39 is 0 Å². The second-order valence-corrected chi connectivity index (χ2v) is 4.09. The van der Waals surface area contributed by atoms with Crippen LogP contribution in [0.3, 0.4) is 0 Å². The Bertz CT molecular complexity index is 119. The standard InChI is InChI=1S/C10H21NO/c1-9(2)11(3)8-10-4-6-12-7-5-10/h9-10H,4-8H2,1-3H3. The van der Waals surface area contributed by atoms with Crippen molar-refractivity contribution in [1.29, 1.82) is 0 Å². The minimum absolute atomic E-state index is 0.674. The lowest BCUT2D eigenvalue weighted by atomic mass is 9.99. The summed E-state index contributed by atoms with van der Waals surface area (Å²) in [6.45, 7) is 7.67. The monoisotopic (exact) mass is 171 g/mol. The molecule has 0 aliphatic carbocycles. The highest BCUT2D eigenvalue weighted by atomic mass is 16.5. The third kappa shape index (κ3) is 3.11. The Hall–Kier alpha value is -0.0800.